The quantitative estimate of drug-likeness (QED) is 0.913. The van der Waals surface area contributed by atoms with Gasteiger partial charge in [0.25, 0.3) is 10.0 Å². The van der Waals surface area contributed by atoms with E-state index >= 15 is 0 Å². The summed E-state index contributed by atoms with van der Waals surface area (Å²) in [6.07, 6.45) is 0.864. The van der Waals surface area contributed by atoms with Crippen molar-refractivity contribution in [1.82, 2.24) is 0 Å². The molecule has 0 aliphatic carbocycles. The third-order valence-electron chi connectivity index (χ3n) is 3.49. The van der Waals surface area contributed by atoms with E-state index in [0.29, 0.717) is 10.6 Å². The van der Waals surface area contributed by atoms with Crippen molar-refractivity contribution in [2.24, 2.45) is 0 Å². The van der Waals surface area contributed by atoms with Crippen LogP contribution in [0.4, 0.5) is 11.4 Å². The van der Waals surface area contributed by atoms with Crippen LogP contribution in [0.2, 0.25) is 0 Å². The molecule has 0 atom stereocenters. The van der Waals surface area contributed by atoms with Crippen molar-refractivity contribution < 1.29 is 8.42 Å². The van der Waals surface area contributed by atoms with E-state index in [9.17, 15) is 8.42 Å². The van der Waals surface area contributed by atoms with Crippen LogP contribution >= 0.6 is 0 Å². The average Bonchev–Trinajstić information content (AvgIpc) is 2.88. The Balaban J connectivity index is 1.94. The molecule has 0 saturated carbocycles. The first kappa shape index (κ1) is 13.0. The Bertz CT molecular complexity index is 754. The summed E-state index contributed by atoms with van der Waals surface area (Å²) < 4.78 is 27.5. The summed E-state index contributed by atoms with van der Waals surface area (Å²) >= 11 is 0. The molecule has 0 amide bonds. The van der Waals surface area contributed by atoms with E-state index in [0.717, 1.165) is 29.8 Å². The monoisotopic (exact) mass is 288 g/mol. The Kier molecular flexibility index (Phi) is 3.14. The van der Waals surface area contributed by atoms with Gasteiger partial charge >= 0.3 is 0 Å². The van der Waals surface area contributed by atoms with Crippen LogP contribution in [0.3, 0.4) is 0 Å². The van der Waals surface area contributed by atoms with Crippen LogP contribution in [-0.4, -0.2) is 15.0 Å². The Labute approximate surface area is 118 Å². The molecule has 0 radical (unpaired) electrons. The molecule has 2 aromatic rings. The van der Waals surface area contributed by atoms with Gasteiger partial charge in [0.1, 0.15) is 0 Å². The molecule has 2 N–H and O–H groups in total. The first-order valence-corrected chi connectivity index (χ1v) is 8.00. The molecule has 2 aromatic carbocycles. The highest BCUT2D eigenvalue weighted by Crippen LogP contribution is 2.26. The topological polar surface area (TPSA) is 58.2 Å². The van der Waals surface area contributed by atoms with Gasteiger partial charge < -0.3 is 5.32 Å². The third kappa shape index (κ3) is 2.36. The largest absolute Gasteiger partial charge is 0.384 e. The summed E-state index contributed by atoms with van der Waals surface area (Å²) in [6.45, 7) is 2.74. The van der Waals surface area contributed by atoms with Crippen molar-refractivity contribution >= 4 is 21.4 Å². The highest BCUT2D eigenvalue weighted by atomic mass is 32.2. The van der Waals surface area contributed by atoms with E-state index in [1.807, 2.05) is 31.2 Å². The summed E-state index contributed by atoms with van der Waals surface area (Å²) in [5, 5.41) is 3.22. The lowest BCUT2D eigenvalue weighted by Crippen LogP contribution is -2.13. The van der Waals surface area contributed by atoms with Gasteiger partial charge in [-0.1, -0.05) is 18.2 Å². The number of sulfonamides is 1. The highest BCUT2D eigenvalue weighted by Gasteiger charge is 2.18. The number of aryl methyl sites for hydroxylation is 1. The van der Waals surface area contributed by atoms with Crippen LogP contribution in [-0.2, 0) is 16.4 Å². The maximum Gasteiger partial charge on any atom is 0.261 e. The smallest absolute Gasteiger partial charge is 0.261 e. The van der Waals surface area contributed by atoms with Crippen molar-refractivity contribution in [1.29, 1.82) is 0 Å². The van der Waals surface area contributed by atoms with E-state index in [4.69, 9.17) is 0 Å². The summed E-state index contributed by atoms with van der Waals surface area (Å²) in [4.78, 5) is 0.309. The fraction of sp³-hybridized carbons (Fsp3) is 0.200. The zero-order valence-electron chi connectivity index (χ0n) is 11.2. The zero-order chi connectivity index (χ0) is 14.2. The van der Waals surface area contributed by atoms with Crippen molar-refractivity contribution in [2.75, 3.05) is 16.6 Å². The lowest BCUT2D eigenvalue weighted by molar-refractivity contribution is 0.601. The molecule has 0 spiro atoms. The molecule has 20 heavy (non-hydrogen) atoms. The molecule has 5 heteroatoms. The number of rotatable bonds is 3. The molecule has 3 rings (SSSR count). The van der Waals surface area contributed by atoms with Crippen LogP contribution in [0, 0.1) is 6.92 Å². The second kappa shape index (κ2) is 4.83. The standard InChI is InChI=1S/C15H16N2O2S/c1-11-4-2-3-5-14(11)17-20(18,19)13-6-7-15-12(10-13)8-9-16-15/h2-7,10,16-17H,8-9H2,1H3. The lowest BCUT2D eigenvalue weighted by atomic mass is 10.2. The van der Waals surface area contributed by atoms with Gasteiger partial charge in [-0.2, -0.15) is 0 Å². The van der Waals surface area contributed by atoms with E-state index in [1.54, 1.807) is 18.2 Å². The molecule has 1 aliphatic rings. The van der Waals surface area contributed by atoms with Crippen molar-refractivity contribution in [3.8, 4) is 0 Å². The van der Waals surface area contributed by atoms with Gasteiger partial charge in [-0.3, -0.25) is 4.72 Å². The fourth-order valence-electron chi connectivity index (χ4n) is 2.34. The second-order valence-electron chi connectivity index (χ2n) is 4.92. The van der Waals surface area contributed by atoms with Gasteiger partial charge in [0.05, 0.1) is 10.6 Å². The molecule has 0 saturated heterocycles. The van der Waals surface area contributed by atoms with Gasteiger partial charge in [-0.15, -0.1) is 0 Å². The Morgan fingerprint density at radius 1 is 1.15 bits per heavy atom. The number of para-hydroxylation sites is 1. The van der Waals surface area contributed by atoms with Crippen LogP contribution in [0.5, 0.6) is 0 Å². The van der Waals surface area contributed by atoms with Crippen LogP contribution in [0.25, 0.3) is 0 Å². The molecular weight excluding hydrogens is 272 g/mol. The number of anilines is 2. The molecule has 1 heterocycles. The van der Waals surface area contributed by atoms with E-state index in [-0.39, 0.29) is 0 Å². The summed E-state index contributed by atoms with van der Waals surface area (Å²) in [5.41, 5.74) is 3.60. The molecule has 0 aromatic heterocycles. The number of hydrogen-bond donors (Lipinski definition) is 2. The van der Waals surface area contributed by atoms with Crippen molar-refractivity contribution in [3.05, 3.63) is 53.6 Å². The van der Waals surface area contributed by atoms with Gasteiger partial charge in [-0.05, 0) is 48.7 Å². The molecular formula is C15H16N2O2S. The maximum absolute atomic E-state index is 12.4. The first-order chi connectivity index (χ1) is 9.56. The zero-order valence-corrected chi connectivity index (χ0v) is 12.0. The van der Waals surface area contributed by atoms with Crippen LogP contribution in [0.15, 0.2) is 47.4 Å². The Morgan fingerprint density at radius 2 is 1.95 bits per heavy atom. The molecule has 0 fully saturated rings. The normalized spacial score (nSPS) is 13.7. The SMILES string of the molecule is Cc1ccccc1NS(=O)(=O)c1ccc2c(c1)CCN2. The Morgan fingerprint density at radius 3 is 2.75 bits per heavy atom. The second-order valence-corrected chi connectivity index (χ2v) is 6.60. The van der Waals surface area contributed by atoms with Crippen molar-refractivity contribution in [3.63, 3.8) is 0 Å². The lowest BCUT2D eigenvalue weighted by Gasteiger charge is -2.11. The predicted molar refractivity (Wildman–Crippen MR) is 80.6 cm³/mol. The maximum atomic E-state index is 12.4. The van der Waals surface area contributed by atoms with Crippen LogP contribution < -0.4 is 10.0 Å². The average molecular weight is 288 g/mol. The minimum absolute atomic E-state index is 0.309. The van der Waals surface area contributed by atoms with E-state index < -0.39 is 10.0 Å². The van der Waals surface area contributed by atoms with Gasteiger partial charge in [-0.25, -0.2) is 8.42 Å². The summed E-state index contributed by atoms with van der Waals surface area (Å²) in [7, 11) is -3.54. The number of fused-ring (bicyclic) bond motifs is 1. The molecule has 0 unspecified atom stereocenters. The first-order valence-electron chi connectivity index (χ1n) is 6.51. The summed E-state index contributed by atoms with van der Waals surface area (Å²) in [6, 6.07) is 12.6. The van der Waals surface area contributed by atoms with Gasteiger partial charge in [0, 0.05) is 12.2 Å². The number of benzene rings is 2. The minimum Gasteiger partial charge on any atom is -0.384 e. The Hall–Kier alpha value is -2.01. The molecule has 4 nitrogen and oxygen atoms in total. The fourth-order valence-corrected chi connectivity index (χ4v) is 3.52. The minimum atomic E-state index is -3.54. The predicted octanol–water partition coefficient (Wildman–Crippen LogP) is 2.76. The van der Waals surface area contributed by atoms with Crippen molar-refractivity contribution in [2.45, 2.75) is 18.2 Å². The molecule has 1 aliphatic heterocycles. The van der Waals surface area contributed by atoms with E-state index in [1.165, 1.54) is 0 Å². The number of hydrogen-bond acceptors (Lipinski definition) is 3. The third-order valence-corrected chi connectivity index (χ3v) is 4.85. The van der Waals surface area contributed by atoms with Gasteiger partial charge in [0.2, 0.25) is 0 Å². The van der Waals surface area contributed by atoms with Crippen LogP contribution in [0.1, 0.15) is 11.1 Å². The van der Waals surface area contributed by atoms with Gasteiger partial charge in [0.15, 0.2) is 0 Å². The highest BCUT2D eigenvalue weighted by molar-refractivity contribution is 7.92. The summed E-state index contributed by atoms with van der Waals surface area (Å²) in [5.74, 6) is 0. The molecule has 0 bridgehead atoms. The molecule has 104 valence electrons. The van der Waals surface area contributed by atoms with E-state index in [2.05, 4.69) is 10.0 Å². The number of nitrogens with one attached hydrogen (secondary N) is 2.